The van der Waals surface area contributed by atoms with Crippen molar-refractivity contribution in [3.05, 3.63) is 52.3 Å². The highest BCUT2D eigenvalue weighted by atomic mass is 32.1. The van der Waals surface area contributed by atoms with Gasteiger partial charge in [0.1, 0.15) is 17.1 Å². The molecule has 0 radical (unpaired) electrons. The van der Waals surface area contributed by atoms with Crippen LogP contribution in [0.1, 0.15) is 11.1 Å². The molecule has 0 bridgehead atoms. The first kappa shape index (κ1) is 16.4. The number of aryl methyl sites for hydroxylation is 1. The van der Waals surface area contributed by atoms with Crippen LogP contribution in [0, 0.1) is 16.7 Å². The number of nitriles is 1. The molecule has 26 heavy (non-hydrogen) atoms. The Hall–Kier alpha value is -3.04. The molecule has 6 heteroatoms. The van der Waals surface area contributed by atoms with E-state index in [4.69, 9.17) is 14.9 Å². The lowest BCUT2D eigenvalue weighted by molar-refractivity contribution is 0.354. The highest BCUT2D eigenvalue weighted by Gasteiger charge is 2.23. The van der Waals surface area contributed by atoms with Gasteiger partial charge in [0.2, 0.25) is 0 Å². The van der Waals surface area contributed by atoms with E-state index in [9.17, 15) is 5.26 Å². The van der Waals surface area contributed by atoms with Gasteiger partial charge in [0.15, 0.2) is 11.5 Å². The van der Waals surface area contributed by atoms with Gasteiger partial charge in [-0.2, -0.15) is 5.26 Å². The summed E-state index contributed by atoms with van der Waals surface area (Å²) in [5.41, 5.74) is 4.59. The predicted molar refractivity (Wildman–Crippen MR) is 101 cm³/mol. The van der Waals surface area contributed by atoms with Crippen molar-refractivity contribution in [3.8, 4) is 39.3 Å². The topological polar surface area (TPSA) is 71.0 Å². The summed E-state index contributed by atoms with van der Waals surface area (Å²) < 4.78 is 12.8. The van der Waals surface area contributed by atoms with Crippen LogP contribution in [0.2, 0.25) is 0 Å². The minimum absolute atomic E-state index is 0.258. The second-order valence-electron chi connectivity index (χ2n) is 6.02. The van der Waals surface area contributed by atoms with Gasteiger partial charge in [-0.05, 0) is 41.6 Å². The molecule has 0 saturated heterocycles. The molecule has 4 rings (SSSR count). The van der Waals surface area contributed by atoms with Gasteiger partial charge >= 0.3 is 0 Å². The van der Waals surface area contributed by atoms with E-state index in [1.807, 2.05) is 40.3 Å². The third-order valence-electron chi connectivity index (χ3n) is 4.74. The van der Waals surface area contributed by atoms with Crippen molar-refractivity contribution >= 4 is 11.3 Å². The Morgan fingerprint density at radius 2 is 1.92 bits per heavy atom. The quantitative estimate of drug-likeness (QED) is 0.769. The zero-order valence-electron chi connectivity index (χ0n) is 14.5. The van der Waals surface area contributed by atoms with E-state index in [0.717, 1.165) is 33.7 Å². The van der Waals surface area contributed by atoms with E-state index in [1.54, 1.807) is 25.6 Å². The summed E-state index contributed by atoms with van der Waals surface area (Å²) in [7, 11) is 3.25. The Morgan fingerprint density at radius 1 is 1.15 bits per heavy atom. The van der Waals surface area contributed by atoms with E-state index in [2.05, 4.69) is 6.07 Å². The normalized spacial score (nSPS) is 12.0. The number of fused-ring (bicyclic) bond motifs is 3. The number of benzene rings is 1. The molecule has 3 aromatic rings. The van der Waals surface area contributed by atoms with Gasteiger partial charge in [-0.3, -0.25) is 5.41 Å². The molecule has 0 fully saturated rings. The third-order valence-corrected chi connectivity index (χ3v) is 5.64. The molecule has 5 nitrogen and oxygen atoms in total. The average molecular weight is 363 g/mol. The summed E-state index contributed by atoms with van der Waals surface area (Å²) in [5.74, 6) is 1.37. The van der Waals surface area contributed by atoms with Crippen molar-refractivity contribution in [3.63, 3.8) is 0 Å². The lowest BCUT2D eigenvalue weighted by Gasteiger charge is -2.25. The zero-order valence-corrected chi connectivity index (χ0v) is 15.3. The van der Waals surface area contributed by atoms with Crippen LogP contribution in [0.4, 0.5) is 0 Å². The second kappa shape index (κ2) is 6.36. The number of thiophene rings is 1. The van der Waals surface area contributed by atoms with Crippen molar-refractivity contribution in [2.45, 2.75) is 13.0 Å². The molecule has 0 unspecified atom stereocenters. The molecule has 0 aliphatic carbocycles. The number of hydrogen-bond donors (Lipinski definition) is 1. The van der Waals surface area contributed by atoms with Gasteiger partial charge in [-0.25, -0.2) is 0 Å². The SMILES string of the molecule is COc1cc2c(cc1OC)-c1cc(-c3cccs3)c(C#N)c(=N)n1CC2. The molecule has 1 aromatic carbocycles. The van der Waals surface area contributed by atoms with E-state index in [0.29, 0.717) is 23.6 Å². The van der Waals surface area contributed by atoms with E-state index in [-0.39, 0.29) is 5.49 Å². The monoisotopic (exact) mass is 363 g/mol. The minimum atomic E-state index is 0.258. The van der Waals surface area contributed by atoms with Crippen LogP contribution in [-0.4, -0.2) is 18.8 Å². The standard InChI is InChI=1S/C20H17N3O2S/c1-24-17-8-12-5-6-23-16(13(12)10-18(17)25-2)9-14(15(11-21)20(23)22)19-4-3-7-26-19/h3-4,7-10,22H,5-6H2,1-2H3. The molecule has 1 aliphatic heterocycles. The lowest BCUT2D eigenvalue weighted by Crippen LogP contribution is -2.28. The first-order valence-corrected chi connectivity index (χ1v) is 9.07. The summed E-state index contributed by atoms with van der Waals surface area (Å²) in [4.78, 5) is 0.992. The van der Waals surface area contributed by atoms with Crippen molar-refractivity contribution in [1.29, 1.82) is 10.7 Å². The molecule has 0 saturated carbocycles. The van der Waals surface area contributed by atoms with Gasteiger partial charge in [0.25, 0.3) is 0 Å². The smallest absolute Gasteiger partial charge is 0.161 e. The Kier molecular flexibility index (Phi) is 4.02. The zero-order chi connectivity index (χ0) is 18.3. The average Bonchev–Trinajstić information content (AvgIpc) is 3.21. The molecule has 1 N–H and O–H groups in total. The fourth-order valence-corrected chi connectivity index (χ4v) is 4.21. The Bertz CT molecular complexity index is 1090. The Labute approximate surface area is 155 Å². The Balaban J connectivity index is 2.03. The first-order chi connectivity index (χ1) is 12.7. The van der Waals surface area contributed by atoms with Crippen LogP contribution >= 0.6 is 11.3 Å². The van der Waals surface area contributed by atoms with Crippen molar-refractivity contribution in [1.82, 2.24) is 4.57 Å². The maximum Gasteiger partial charge on any atom is 0.161 e. The van der Waals surface area contributed by atoms with E-state index >= 15 is 0 Å². The van der Waals surface area contributed by atoms with Gasteiger partial charge in [0.05, 0.1) is 19.9 Å². The van der Waals surface area contributed by atoms with Crippen LogP contribution in [0.5, 0.6) is 11.5 Å². The van der Waals surface area contributed by atoms with Gasteiger partial charge in [0, 0.05) is 22.5 Å². The largest absolute Gasteiger partial charge is 0.493 e. The molecule has 0 atom stereocenters. The number of methoxy groups -OCH3 is 2. The molecule has 1 aliphatic rings. The van der Waals surface area contributed by atoms with Gasteiger partial charge in [-0.15, -0.1) is 11.3 Å². The molecular weight excluding hydrogens is 346 g/mol. The number of nitrogens with one attached hydrogen (secondary N) is 1. The molecule has 0 spiro atoms. The number of rotatable bonds is 3. The summed E-state index contributed by atoms with van der Waals surface area (Å²) in [6, 6.07) is 12.1. The molecule has 3 heterocycles. The summed E-state index contributed by atoms with van der Waals surface area (Å²) in [6.45, 7) is 0.663. The summed E-state index contributed by atoms with van der Waals surface area (Å²) in [6.07, 6.45) is 0.780. The minimum Gasteiger partial charge on any atom is -0.493 e. The third kappa shape index (κ3) is 2.40. The fourth-order valence-electron chi connectivity index (χ4n) is 3.46. The summed E-state index contributed by atoms with van der Waals surface area (Å²) >= 11 is 1.57. The first-order valence-electron chi connectivity index (χ1n) is 8.19. The van der Waals surface area contributed by atoms with Crippen LogP contribution in [0.15, 0.2) is 35.7 Å². The van der Waals surface area contributed by atoms with E-state index in [1.165, 1.54) is 0 Å². The van der Waals surface area contributed by atoms with Crippen molar-refractivity contribution < 1.29 is 9.47 Å². The lowest BCUT2D eigenvalue weighted by atomic mass is 9.94. The van der Waals surface area contributed by atoms with Gasteiger partial charge in [-0.1, -0.05) is 6.07 Å². The highest BCUT2D eigenvalue weighted by molar-refractivity contribution is 7.13. The van der Waals surface area contributed by atoms with Crippen LogP contribution in [0.25, 0.3) is 21.7 Å². The fraction of sp³-hybridized carbons (Fsp3) is 0.200. The van der Waals surface area contributed by atoms with Crippen LogP contribution in [0.3, 0.4) is 0 Å². The second-order valence-corrected chi connectivity index (χ2v) is 6.97. The molecule has 2 aromatic heterocycles. The number of hydrogen-bond acceptors (Lipinski definition) is 5. The number of ether oxygens (including phenoxy) is 2. The maximum absolute atomic E-state index is 9.63. The van der Waals surface area contributed by atoms with E-state index < -0.39 is 0 Å². The molecule has 0 amide bonds. The Morgan fingerprint density at radius 3 is 2.58 bits per heavy atom. The van der Waals surface area contributed by atoms with Crippen LogP contribution in [-0.2, 0) is 13.0 Å². The predicted octanol–water partition coefficient (Wildman–Crippen LogP) is 3.81. The highest BCUT2D eigenvalue weighted by Crippen LogP contribution is 2.39. The number of pyridine rings is 1. The molecular formula is C20H17N3O2S. The van der Waals surface area contributed by atoms with Crippen molar-refractivity contribution in [2.75, 3.05) is 14.2 Å². The van der Waals surface area contributed by atoms with Crippen LogP contribution < -0.4 is 15.0 Å². The number of nitrogens with zero attached hydrogens (tertiary/aromatic N) is 2. The summed E-state index contributed by atoms with van der Waals surface area (Å²) in [5, 5.41) is 20.2. The molecule has 130 valence electrons. The number of aromatic nitrogens is 1. The maximum atomic E-state index is 9.63. The van der Waals surface area contributed by atoms with Gasteiger partial charge < -0.3 is 14.0 Å². The van der Waals surface area contributed by atoms with Crippen molar-refractivity contribution in [2.24, 2.45) is 0 Å².